The maximum Gasteiger partial charge on any atom is 0.341 e. The average molecular weight is 566 g/mol. The summed E-state index contributed by atoms with van der Waals surface area (Å²) in [6.07, 6.45) is 2.46. The smallest absolute Gasteiger partial charge is 0.341 e. The van der Waals surface area contributed by atoms with E-state index in [9.17, 15) is 18.0 Å². The third-order valence-corrected chi connectivity index (χ3v) is 8.09. The van der Waals surface area contributed by atoms with Gasteiger partial charge in [0.1, 0.15) is 13.2 Å². The number of nitrogens with zero attached hydrogens (tertiary/aromatic N) is 1. The predicted molar refractivity (Wildman–Crippen MR) is 151 cm³/mol. The summed E-state index contributed by atoms with van der Waals surface area (Å²) in [5.74, 6) is -0.570. The van der Waals surface area contributed by atoms with E-state index < -0.39 is 28.0 Å². The molecule has 2 N–H and O–H groups in total. The van der Waals surface area contributed by atoms with Crippen LogP contribution in [0, 0.1) is 0 Å². The molecule has 0 saturated carbocycles. The molecule has 1 fully saturated rings. The van der Waals surface area contributed by atoms with E-state index in [-0.39, 0.29) is 16.1 Å². The first-order valence-electron chi connectivity index (χ1n) is 13.2. The van der Waals surface area contributed by atoms with Crippen LogP contribution in [0.25, 0.3) is 0 Å². The molecule has 3 aromatic rings. The van der Waals surface area contributed by atoms with Gasteiger partial charge in [-0.3, -0.25) is 9.52 Å². The number of carbonyl (C=O) groups is 2. The fourth-order valence-electron chi connectivity index (χ4n) is 4.57. The summed E-state index contributed by atoms with van der Waals surface area (Å²) >= 11 is 0. The number of ether oxygens (including phenoxy) is 3. The molecule has 2 heterocycles. The van der Waals surface area contributed by atoms with E-state index in [1.165, 1.54) is 56.5 Å². The lowest BCUT2D eigenvalue weighted by molar-refractivity contribution is -0.123. The molecule has 0 radical (unpaired) electrons. The van der Waals surface area contributed by atoms with Gasteiger partial charge < -0.3 is 24.4 Å². The third kappa shape index (κ3) is 6.31. The zero-order valence-corrected chi connectivity index (χ0v) is 22.9. The lowest BCUT2D eigenvalue weighted by atomic mass is 10.1. The van der Waals surface area contributed by atoms with Crippen LogP contribution in [0.5, 0.6) is 11.5 Å². The van der Waals surface area contributed by atoms with Gasteiger partial charge in [0.05, 0.1) is 16.1 Å². The number of rotatable bonds is 8. The van der Waals surface area contributed by atoms with Crippen LogP contribution in [0.3, 0.4) is 0 Å². The Morgan fingerprint density at radius 2 is 1.60 bits per heavy atom. The van der Waals surface area contributed by atoms with Gasteiger partial charge in [-0.05, 0) is 74.7 Å². The van der Waals surface area contributed by atoms with E-state index in [2.05, 4.69) is 14.9 Å². The summed E-state index contributed by atoms with van der Waals surface area (Å²) in [6, 6.07) is 17.9. The highest BCUT2D eigenvalue weighted by molar-refractivity contribution is 7.92. The molecule has 11 heteroatoms. The number of amides is 1. The lowest BCUT2D eigenvalue weighted by Crippen LogP contribution is -2.30. The lowest BCUT2D eigenvalue weighted by Gasteiger charge is -2.28. The number of carbonyl (C=O) groups excluding carboxylic acids is 2. The molecule has 1 atom stereocenters. The average Bonchev–Trinajstić information content (AvgIpc) is 2.97. The Labute approximate surface area is 233 Å². The normalized spacial score (nSPS) is 15.6. The van der Waals surface area contributed by atoms with Crippen LogP contribution in [0.4, 0.5) is 17.1 Å². The van der Waals surface area contributed by atoms with Crippen molar-refractivity contribution >= 4 is 39.0 Å². The first-order valence-corrected chi connectivity index (χ1v) is 14.7. The number of anilines is 3. The number of hydrogen-bond donors (Lipinski definition) is 2. The van der Waals surface area contributed by atoms with E-state index in [0.29, 0.717) is 30.4 Å². The molecular formula is C29H31N3O7S. The van der Waals surface area contributed by atoms with Crippen LogP contribution in [0.15, 0.2) is 71.6 Å². The summed E-state index contributed by atoms with van der Waals surface area (Å²) in [6.45, 7) is 4.19. The molecular weight excluding hydrogens is 534 g/mol. The Morgan fingerprint density at radius 1 is 0.900 bits per heavy atom. The van der Waals surface area contributed by atoms with Crippen molar-refractivity contribution in [1.82, 2.24) is 0 Å². The van der Waals surface area contributed by atoms with Crippen LogP contribution >= 0.6 is 0 Å². The second kappa shape index (κ2) is 11.9. The molecule has 40 heavy (non-hydrogen) atoms. The zero-order valence-electron chi connectivity index (χ0n) is 22.1. The fourth-order valence-corrected chi connectivity index (χ4v) is 5.67. The van der Waals surface area contributed by atoms with Gasteiger partial charge in [0, 0.05) is 30.5 Å². The summed E-state index contributed by atoms with van der Waals surface area (Å²) in [5.41, 5.74) is 1.67. The van der Waals surface area contributed by atoms with E-state index in [1.54, 1.807) is 12.1 Å². The van der Waals surface area contributed by atoms with Crippen molar-refractivity contribution in [2.24, 2.45) is 0 Å². The molecule has 1 saturated heterocycles. The van der Waals surface area contributed by atoms with E-state index in [0.717, 1.165) is 18.8 Å². The second-order valence-corrected chi connectivity index (χ2v) is 11.3. The molecule has 0 unspecified atom stereocenters. The van der Waals surface area contributed by atoms with E-state index in [1.807, 2.05) is 24.3 Å². The number of esters is 1. The Hall–Kier alpha value is -4.25. The van der Waals surface area contributed by atoms with Crippen molar-refractivity contribution in [3.8, 4) is 11.5 Å². The predicted octanol–water partition coefficient (Wildman–Crippen LogP) is 4.43. The molecule has 2 aliphatic heterocycles. The largest absolute Gasteiger partial charge is 0.486 e. The quantitative estimate of drug-likeness (QED) is 0.385. The summed E-state index contributed by atoms with van der Waals surface area (Å²) in [4.78, 5) is 28.0. The van der Waals surface area contributed by atoms with Gasteiger partial charge in [-0.2, -0.15) is 0 Å². The molecule has 2 aliphatic rings. The van der Waals surface area contributed by atoms with E-state index >= 15 is 0 Å². The number of sulfonamides is 1. The molecule has 0 spiro atoms. The standard InChI is InChI=1S/C29H31N3O7S/c1-20(28(33)30-21-9-11-22(12-10-21)32-15-5-2-6-16-32)39-29(34)24-7-3-4-8-25(24)31-40(35,36)23-13-14-26-27(19-23)38-18-17-37-26/h3-4,7-14,19-20,31H,2,5-6,15-18H2,1H3,(H,30,33)/t20-/m1/s1. The number of piperidine rings is 1. The molecule has 10 nitrogen and oxygen atoms in total. The van der Waals surface area contributed by atoms with Gasteiger partial charge in [-0.1, -0.05) is 12.1 Å². The van der Waals surface area contributed by atoms with E-state index in [4.69, 9.17) is 14.2 Å². The third-order valence-electron chi connectivity index (χ3n) is 6.72. The highest BCUT2D eigenvalue weighted by atomic mass is 32.2. The first kappa shape index (κ1) is 27.3. The van der Waals surface area contributed by atoms with Gasteiger partial charge in [0.2, 0.25) is 0 Å². The number of hydrogen-bond acceptors (Lipinski definition) is 8. The molecule has 5 rings (SSSR count). The molecule has 0 aliphatic carbocycles. The van der Waals surface area contributed by atoms with Gasteiger partial charge in [0.15, 0.2) is 17.6 Å². The summed E-state index contributed by atoms with van der Waals surface area (Å²) in [7, 11) is -4.08. The van der Waals surface area contributed by atoms with Gasteiger partial charge in [-0.25, -0.2) is 13.2 Å². The number of nitrogens with one attached hydrogen (secondary N) is 2. The van der Waals surface area contributed by atoms with Crippen LogP contribution in [-0.4, -0.2) is 52.7 Å². The first-order chi connectivity index (χ1) is 19.3. The van der Waals surface area contributed by atoms with Crippen LogP contribution in [0.1, 0.15) is 36.5 Å². The molecule has 0 aromatic heterocycles. The monoisotopic (exact) mass is 565 g/mol. The number of fused-ring (bicyclic) bond motifs is 1. The highest BCUT2D eigenvalue weighted by Gasteiger charge is 2.25. The maximum absolute atomic E-state index is 13.1. The van der Waals surface area contributed by atoms with Crippen molar-refractivity contribution < 1.29 is 32.2 Å². The van der Waals surface area contributed by atoms with Crippen molar-refractivity contribution in [2.75, 3.05) is 41.2 Å². The minimum absolute atomic E-state index is 0.0169. The van der Waals surface area contributed by atoms with Crippen molar-refractivity contribution in [3.63, 3.8) is 0 Å². The highest BCUT2D eigenvalue weighted by Crippen LogP contribution is 2.33. The second-order valence-electron chi connectivity index (χ2n) is 9.59. The van der Waals surface area contributed by atoms with Crippen molar-refractivity contribution in [1.29, 1.82) is 0 Å². The maximum atomic E-state index is 13.1. The zero-order chi connectivity index (χ0) is 28.1. The Bertz CT molecular complexity index is 1490. The topological polar surface area (TPSA) is 123 Å². The van der Waals surface area contributed by atoms with Crippen LogP contribution < -0.4 is 24.4 Å². The molecule has 1 amide bonds. The molecule has 3 aromatic carbocycles. The number of benzene rings is 3. The fraction of sp³-hybridized carbons (Fsp3) is 0.310. The number of para-hydroxylation sites is 1. The van der Waals surface area contributed by atoms with Crippen LogP contribution in [-0.2, 0) is 19.6 Å². The minimum Gasteiger partial charge on any atom is -0.486 e. The van der Waals surface area contributed by atoms with Gasteiger partial charge in [-0.15, -0.1) is 0 Å². The van der Waals surface area contributed by atoms with Crippen LogP contribution in [0.2, 0.25) is 0 Å². The SMILES string of the molecule is C[C@@H](OC(=O)c1ccccc1NS(=O)(=O)c1ccc2c(c1)OCCO2)C(=O)Nc1ccc(N2CCCCC2)cc1. The molecule has 210 valence electrons. The summed E-state index contributed by atoms with van der Waals surface area (Å²) in [5, 5.41) is 2.76. The minimum atomic E-state index is -4.08. The van der Waals surface area contributed by atoms with Gasteiger partial charge in [0.25, 0.3) is 15.9 Å². The molecule has 0 bridgehead atoms. The van der Waals surface area contributed by atoms with Crippen molar-refractivity contribution in [2.45, 2.75) is 37.2 Å². The Balaban J connectivity index is 1.23. The van der Waals surface area contributed by atoms with Gasteiger partial charge >= 0.3 is 5.97 Å². The summed E-state index contributed by atoms with van der Waals surface area (Å²) < 4.78 is 44.9. The Kier molecular flexibility index (Phi) is 8.11. The Morgan fingerprint density at radius 3 is 2.35 bits per heavy atom. The van der Waals surface area contributed by atoms with Crippen molar-refractivity contribution in [3.05, 3.63) is 72.3 Å².